The summed E-state index contributed by atoms with van der Waals surface area (Å²) in [6.45, 7) is 3.78. The highest BCUT2D eigenvalue weighted by Crippen LogP contribution is 2.13. The van der Waals surface area contributed by atoms with Crippen LogP contribution in [0.5, 0.6) is 0 Å². The average molecular weight is 202 g/mol. The van der Waals surface area contributed by atoms with E-state index >= 15 is 0 Å². The topological polar surface area (TPSA) is 46.9 Å². The van der Waals surface area contributed by atoms with E-state index in [1.54, 1.807) is 7.05 Å². The zero-order chi connectivity index (χ0) is 10.0. The largest absolute Gasteiger partial charge is 0.350 e. The summed E-state index contributed by atoms with van der Waals surface area (Å²) in [5, 5.41) is 6.96. The smallest absolute Gasteiger partial charge is 0.256 e. The molecule has 1 aromatic heterocycles. The molecule has 4 nitrogen and oxygen atoms in total. The van der Waals surface area contributed by atoms with Crippen LogP contribution in [-0.4, -0.2) is 21.7 Å². The van der Waals surface area contributed by atoms with Crippen molar-refractivity contribution in [2.24, 2.45) is 7.05 Å². The molecule has 72 valence electrons. The molecule has 1 N–H and O–H groups in total. The van der Waals surface area contributed by atoms with E-state index in [9.17, 15) is 4.79 Å². The van der Waals surface area contributed by atoms with Gasteiger partial charge < -0.3 is 5.32 Å². The molecule has 0 atom stereocenters. The van der Waals surface area contributed by atoms with Crippen molar-refractivity contribution in [3.63, 3.8) is 0 Å². The molecule has 0 aliphatic heterocycles. The third-order valence-electron chi connectivity index (χ3n) is 1.53. The molecular weight excluding hydrogens is 190 g/mol. The Morgan fingerprint density at radius 1 is 1.69 bits per heavy atom. The summed E-state index contributed by atoms with van der Waals surface area (Å²) < 4.78 is 1.46. The van der Waals surface area contributed by atoms with Crippen LogP contribution < -0.4 is 5.32 Å². The van der Waals surface area contributed by atoms with E-state index in [4.69, 9.17) is 11.6 Å². The summed E-state index contributed by atoms with van der Waals surface area (Å²) in [6, 6.07) is 0.101. The van der Waals surface area contributed by atoms with Gasteiger partial charge in [-0.15, -0.1) is 0 Å². The van der Waals surface area contributed by atoms with E-state index in [-0.39, 0.29) is 11.9 Å². The third kappa shape index (κ3) is 2.21. The fourth-order valence-corrected chi connectivity index (χ4v) is 1.09. The Bertz CT molecular complexity index is 319. The number of carbonyl (C=O) groups excluding carboxylic acids is 1. The number of hydrogen-bond donors (Lipinski definition) is 1. The molecule has 0 aliphatic carbocycles. The van der Waals surface area contributed by atoms with Crippen molar-refractivity contribution in [3.8, 4) is 0 Å². The monoisotopic (exact) mass is 201 g/mol. The Balaban J connectivity index is 2.83. The first-order valence-electron chi connectivity index (χ1n) is 4.00. The highest BCUT2D eigenvalue weighted by Gasteiger charge is 2.14. The van der Waals surface area contributed by atoms with Crippen LogP contribution in [0.15, 0.2) is 6.20 Å². The van der Waals surface area contributed by atoms with Crippen LogP contribution >= 0.6 is 11.6 Å². The van der Waals surface area contributed by atoms with Gasteiger partial charge in [0.2, 0.25) is 0 Å². The second kappa shape index (κ2) is 3.79. The number of carbonyl (C=O) groups is 1. The van der Waals surface area contributed by atoms with Crippen LogP contribution in [-0.2, 0) is 7.05 Å². The molecule has 0 saturated heterocycles. The van der Waals surface area contributed by atoms with Crippen LogP contribution in [0.4, 0.5) is 0 Å². The standard InChI is InChI=1S/C8H12ClN3O/c1-5(2)11-8(13)6-4-10-12(3)7(6)9/h4-5H,1-3H3,(H,11,13). The fraction of sp³-hybridized carbons (Fsp3) is 0.500. The highest BCUT2D eigenvalue weighted by atomic mass is 35.5. The van der Waals surface area contributed by atoms with Crippen molar-refractivity contribution >= 4 is 17.5 Å². The second-order valence-electron chi connectivity index (χ2n) is 3.10. The van der Waals surface area contributed by atoms with Gasteiger partial charge >= 0.3 is 0 Å². The molecule has 0 saturated carbocycles. The molecule has 0 aromatic carbocycles. The van der Waals surface area contributed by atoms with Gasteiger partial charge in [0, 0.05) is 13.1 Å². The first-order valence-corrected chi connectivity index (χ1v) is 4.38. The van der Waals surface area contributed by atoms with Crippen LogP contribution in [0, 0.1) is 0 Å². The minimum atomic E-state index is -0.187. The predicted molar refractivity (Wildman–Crippen MR) is 50.8 cm³/mol. The third-order valence-corrected chi connectivity index (χ3v) is 1.98. The Hall–Kier alpha value is -1.03. The van der Waals surface area contributed by atoms with E-state index in [0.717, 1.165) is 0 Å². The average Bonchev–Trinajstić information content (AvgIpc) is 2.31. The Morgan fingerprint density at radius 3 is 2.69 bits per heavy atom. The number of rotatable bonds is 2. The predicted octanol–water partition coefficient (Wildman–Crippen LogP) is 1.21. The molecule has 1 rings (SSSR count). The van der Waals surface area contributed by atoms with Gasteiger partial charge in [0.05, 0.1) is 11.8 Å². The van der Waals surface area contributed by atoms with E-state index in [0.29, 0.717) is 10.7 Å². The van der Waals surface area contributed by atoms with Gasteiger partial charge in [0.1, 0.15) is 5.15 Å². The summed E-state index contributed by atoms with van der Waals surface area (Å²) in [5.74, 6) is -0.187. The molecule has 0 unspecified atom stereocenters. The SMILES string of the molecule is CC(C)NC(=O)c1cnn(C)c1Cl. The summed E-state index contributed by atoms with van der Waals surface area (Å²) in [7, 11) is 1.69. The molecule has 0 radical (unpaired) electrons. The summed E-state index contributed by atoms with van der Waals surface area (Å²) in [5.41, 5.74) is 0.415. The van der Waals surface area contributed by atoms with Crippen LogP contribution in [0.3, 0.4) is 0 Å². The van der Waals surface area contributed by atoms with Crippen LogP contribution in [0.2, 0.25) is 5.15 Å². The van der Waals surface area contributed by atoms with E-state index < -0.39 is 0 Å². The molecule has 13 heavy (non-hydrogen) atoms. The van der Waals surface area contributed by atoms with Crippen molar-refractivity contribution < 1.29 is 4.79 Å². The number of nitrogens with one attached hydrogen (secondary N) is 1. The minimum Gasteiger partial charge on any atom is -0.350 e. The molecule has 0 bridgehead atoms. The lowest BCUT2D eigenvalue weighted by Crippen LogP contribution is -2.30. The van der Waals surface area contributed by atoms with Gasteiger partial charge in [0.25, 0.3) is 5.91 Å². The Labute approximate surface area is 81.9 Å². The maximum atomic E-state index is 11.4. The first kappa shape index (κ1) is 10.1. The molecule has 1 heterocycles. The maximum absolute atomic E-state index is 11.4. The Kier molecular flexibility index (Phi) is 2.93. The summed E-state index contributed by atoms with van der Waals surface area (Å²) in [6.07, 6.45) is 1.46. The van der Waals surface area contributed by atoms with Crippen molar-refractivity contribution in [1.29, 1.82) is 0 Å². The quantitative estimate of drug-likeness (QED) is 0.782. The number of aromatic nitrogens is 2. The number of halogens is 1. The summed E-state index contributed by atoms with van der Waals surface area (Å²) in [4.78, 5) is 11.4. The van der Waals surface area contributed by atoms with Gasteiger partial charge in [0.15, 0.2) is 0 Å². The molecule has 0 spiro atoms. The van der Waals surface area contributed by atoms with Gasteiger partial charge in [-0.2, -0.15) is 5.10 Å². The minimum absolute atomic E-state index is 0.101. The van der Waals surface area contributed by atoms with E-state index in [1.807, 2.05) is 13.8 Å². The van der Waals surface area contributed by atoms with E-state index in [2.05, 4.69) is 10.4 Å². The molecular formula is C8H12ClN3O. The molecule has 1 aromatic rings. The van der Waals surface area contributed by atoms with Gasteiger partial charge in [-0.1, -0.05) is 11.6 Å². The number of hydrogen-bond acceptors (Lipinski definition) is 2. The zero-order valence-corrected chi connectivity index (χ0v) is 8.59. The normalized spacial score (nSPS) is 10.5. The van der Waals surface area contributed by atoms with Gasteiger partial charge in [-0.05, 0) is 13.8 Å². The van der Waals surface area contributed by atoms with Gasteiger partial charge in [-0.25, -0.2) is 0 Å². The first-order chi connectivity index (χ1) is 6.02. The molecule has 0 aliphatic rings. The number of amides is 1. The Morgan fingerprint density at radius 2 is 2.31 bits per heavy atom. The van der Waals surface area contributed by atoms with E-state index in [1.165, 1.54) is 10.9 Å². The van der Waals surface area contributed by atoms with Gasteiger partial charge in [-0.3, -0.25) is 9.48 Å². The summed E-state index contributed by atoms with van der Waals surface area (Å²) >= 11 is 5.83. The second-order valence-corrected chi connectivity index (χ2v) is 3.46. The van der Waals surface area contributed by atoms with Crippen molar-refractivity contribution in [2.45, 2.75) is 19.9 Å². The highest BCUT2D eigenvalue weighted by molar-refractivity contribution is 6.32. The lowest BCUT2D eigenvalue weighted by Gasteiger charge is -2.06. The van der Waals surface area contributed by atoms with Crippen LogP contribution in [0.25, 0.3) is 0 Å². The fourth-order valence-electron chi connectivity index (χ4n) is 0.915. The molecule has 0 fully saturated rings. The lowest BCUT2D eigenvalue weighted by molar-refractivity contribution is 0.0943. The molecule has 1 amide bonds. The number of nitrogens with zero attached hydrogens (tertiary/aromatic N) is 2. The van der Waals surface area contributed by atoms with Crippen molar-refractivity contribution in [1.82, 2.24) is 15.1 Å². The maximum Gasteiger partial charge on any atom is 0.256 e. The van der Waals surface area contributed by atoms with Crippen molar-refractivity contribution in [2.75, 3.05) is 0 Å². The van der Waals surface area contributed by atoms with Crippen molar-refractivity contribution in [3.05, 3.63) is 16.9 Å². The van der Waals surface area contributed by atoms with Crippen LogP contribution in [0.1, 0.15) is 24.2 Å². The zero-order valence-electron chi connectivity index (χ0n) is 7.84. The number of aryl methyl sites for hydroxylation is 1. The molecule has 5 heteroatoms. The lowest BCUT2D eigenvalue weighted by atomic mass is 10.3.